The van der Waals surface area contributed by atoms with E-state index in [1.807, 2.05) is 133 Å². The van der Waals surface area contributed by atoms with Crippen molar-refractivity contribution >= 4 is 150 Å². The van der Waals surface area contributed by atoms with Crippen molar-refractivity contribution in [2.24, 2.45) is 7.05 Å². The Hall–Kier alpha value is -10.1. The molecule has 132 heavy (non-hydrogen) atoms. The molecule has 4 aliphatic rings. The van der Waals surface area contributed by atoms with Gasteiger partial charge in [-0.25, -0.2) is 44.7 Å². The van der Waals surface area contributed by atoms with Gasteiger partial charge in [0.05, 0.1) is 59.9 Å². The molecule has 1 aliphatic carbocycles. The Bertz CT molecular complexity index is 6470. The molecule has 0 radical (unpaired) electrons. The lowest BCUT2D eigenvalue weighted by Gasteiger charge is -2.31. The fourth-order valence-electron chi connectivity index (χ4n) is 14.5. The fraction of sp³-hybridized carbons (Fsp3) is 0.273. The van der Waals surface area contributed by atoms with E-state index < -0.39 is 46.7 Å². The van der Waals surface area contributed by atoms with Gasteiger partial charge in [-0.3, -0.25) is 24.1 Å². The first kappa shape index (κ1) is 101. The zero-order chi connectivity index (χ0) is 94.3. The van der Waals surface area contributed by atoms with Crippen LogP contribution in [0.5, 0.6) is 0 Å². The number of ether oxygens (including phenoxy) is 1. The molecule has 13 aromatic rings. The van der Waals surface area contributed by atoms with Crippen molar-refractivity contribution in [2.75, 3.05) is 29.9 Å². The first-order valence-corrected chi connectivity index (χ1v) is 53.2. The van der Waals surface area contributed by atoms with Gasteiger partial charge in [0, 0.05) is 124 Å². The zero-order valence-corrected chi connectivity index (χ0v) is 81.5. The number of anilines is 1. The van der Waals surface area contributed by atoms with Gasteiger partial charge < -0.3 is 29.9 Å². The summed E-state index contributed by atoms with van der Waals surface area (Å²) < 4.78 is 127. The number of carbonyl (C=O) groups excluding carboxylic acids is 4. The molecule has 17 rings (SSSR count). The summed E-state index contributed by atoms with van der Waals surface area (Å²) in [5, 5.41) is 8.18. The lowest BCUT2D eigenvalue weighted by Crippen LogP contribution is -2.51. The van der Waals surface area contributed by atoms with E-state index in [1.54, 1.807) is 129 Å². The van der Waals surface area contributed by atoms with Crippen molar-refractivity contribution in [3.05, 3.63) is 332 Å². The molecule has 692 valence electrons. The second-order valence-electron chi connectivity index (χ2n) is 32.1. The van der Waals surface area contributed by atoms with Crippen LogP contribution in [0.25, 0.3) is 21.9 Å². The molecule has 0 bridgehead atoms. The molecule has 3 aromatic heterocycles. The normalized spacial score (nSPS) is 15.2. The lowest BCUT2D eigenvalue weighted by molar-refractivity contribution is -0.144. The first-order valence-electron chi connectivity index (χ1n) is 42.7. The predicted molar refractivity (Wildman–Crippen MR) is 529 cm³/mol. The summed E-state index contributed by atoms with van der Waals surface area (Å²) in [7, 11) is -5.23. The fourth-order valence-corrected chi connectivity index (χ4v) is 25.4. The standard InChI is InChI=1S/C21H18O3S.C19H20N2.C17H25N3O3S3.C16H14O2S3.C14H14F3N3OS.C12H14N2O2S/c1-15-3-7-17(8-4-15)21(22)18-9-13-20(14-10-18)25(23,24)19-11-5-16(2)6-12-19;1-14-7-8-18-16(11-14)17-13-21(10-9-19(17)20-18)12-15-5-3-2-4-6-15;1-2-12-6-8-13(9-7-12)19-16(21)10-11-18-26(22,23)15-5-3-4-14-17(15)20-25-24-14;1-11-3-6-14(7-4-11)21(17,18)10-13-5-8-15-16(9-13)20-12(2)19-15;1-20-6-5-18-13(20)22-9-12(21)19-8-10-3-2-4-11(7-10)14(15,16)17;1-8(2)16-11(15)7-17-12-13-9-5-3-4-6-10(9)14-12/h3-14H,1-2H3;2-8,11,20H,9-10,12-13H2,1H3;6-9,14-15,17-18,20H,2-5,10-11H2,1H3,(H,19,21);3-9H,2,10H2,1H3;2-7H,8-9H2,1H3,(H,19,21);3-6,8H,7H2,1-2H3,(H,13,14). The molecular formula is C99H105F3N10O11S9. The lowest BCUT2D eigenvalue weighted by atomic mass is 9.95. The van der Waals surface area contributed by atoms with Crippen molar-refractivity contribution in [1.82, 2.24) is 44.2 Å². The Kier molecular flexibility index (Phi) is 36.0. The number of sulfonamides is 1. The van der Waals surface area contributed by atoms with Gasteiger partial charge in [0.1, 0.15) is 0 Å². The van der Waals surface area contributed by atoms with Gasteiger partial charge in [0.25, 0.3) is 0 Å². The van der Waals surface area contributed by atoms with E-state index in [4.69, 9.17) is 4.74 Å². The van der Waals surface area contributed by atoms with Crippen LogP contribution in [0.4, 0.5) is 18.9 Å². The summed E-state index contributed by atoms with van der Waals surface area (Å²) in [6.45, 7) is 21.1. The summed E-state index contributed by atoms with van der Waals surface area (Å²) in [6, 6.07) is 70.7. The smallest absolute Gasteiger partial charge is 0.416 e. The number of ketones is 1. The minimum absolute atomic E-state index is 0.0119. The number of imidazole rings is 2. The Morgan fingerprint density at radius 2 is 1.27 bits per heavy atom. The van der Waals surface area contributed by atoms with Gasteiger partial charge in [-0.15, -0.1) is 0 Å². The van der Waals surface area contributed by atoms with Crippen LogP contribution in [0, 0.1) is 27.7 Å². The molecule has 1 saturated carbocycles. The van der Waals surface area contributed by atoms with Crippen molar-refractivity contribution in [3.63, 3.8) is 0 Å². The number of nitrogens with one attached hydrogen (secondary N) is 6. The Morgan fingerprint density at radius 1 is 0.644 bits per heavy atom. The quantitative estimate of drug-likeness (QED) is 0.0102. The first-order chi connectivity index (χ1) is 63.1. The van der Waals surface area contributed by atoms with Gasteiger partial charge in [-0.05, 0) is 209 Å². The highest BCUT2D eigenvalue weighted by Crippen LogP contribution is 2.50. The number of carbonyl (C=O) groups is 4. The molecule has 2 fully saturated rings. The van der Waals surface area contributed by atoms with Crippen LogP contribution < -0.4 is 20.1 Å². The van der Waals surface area contributed by atoms with Crippen LogP contribution in [0.15, 0.2) is 295 Å². The molecule has 2 amide bonds. The molecule has 3 atom stereocenters. The number of hydrogen-bond acceptors (Lipinski definition) is 21. The van der Waals surface area contributed by atoms with Crippen molar-refractivity contribution < 1.29 is 62.3 Å². The minimum Gasteiger partial charge on any atom is -0.462 e. The number of fused-ring (bicyclic) bond motifs is 6. The van der Waals surface area contributed by atoms with Crippen molar-refractivity contribution in [1.29, 1.82) is 0 Å². The molecule has 10 aromatic carbocycles. The Labute approximate surface area is 795 Å². The second-order valence-corrected chi connectivity index (χ2v) is 44.8. The number of alkyl halides is 3. The Morgan fingerprint density at radius 3 is 1.93 bits per heavy atom. The minimum atomic E-state index is -4.38. The number of aromatic nitrogens is 5. The summed E-state index contributed by atoms with van der Waals surface area (Å²) >= 11 is 5.86. The topological polar surface area (TPSA) is 294 Å². The van der Waals surface area contributed by atoms with E-state index in [-0.39, 0.29) is 82.3 Å². The third-order valence-electron chi connectivity index (χ3n) is 21.5. The Balaban J connectivity index is 0.000000144. The van der Waals surface area contributed by atoms with Crippen LogP contribution in [0.1, 0.15) is 124 Å². The molecule has 6 N–H and O–H groups in total. The number of thioether (sulfide) groups is 4. The molecule has 3 aliphatic heterocycles. The monoisotopic (exact) mass is 1950 g/mol. The van der Waals surface area contributed by atoms with Gasteiger partial charge in [0.2, 0.25) is 31.7 Å². The van der Waals surface area contributed by atoms with E-state index in [0.29, 0.717) is 38.4 Å². The number of para-hydroxylation sites is 2. The molecule has 3 unspecified atom stereocenters. The highest BCUT2D eigenvalue weighted by molar-refractivity contribution is 8.76. The molecule has 1 saturated heterocycles. The zero-order valence-electron chi connectivity index (χ0n) is 74.2. The van der Waals surface area contributed by atoms with Crippen molar-refractivity contribution in [3.8, 4) is 0 Å². The van der Waals surface area contributed by atoms with Crippen LogP contribution in [-0.2, 0) is 100 Å². The molecular weight excluding hydrogens is 1850 g/mol. The predicted octanol–water partition coefficient (Wildman–Crippen LogP) is 21.2. The summed E-state index contributed by atoms with van der Waals surface area (Å²) in [6.07, 6.45) is 3.78. The largest absolute Gasteiger partial charge is 0.462 e. The van der Waals surface area contributed by atoms with Gasteiger partial charge in [0.15, 0.2) is 25.9 Å². The maximum absolute atomic E-state index is 12.6. The number of esters is 1. The number of aromatic amines is 2. The van der Waals surface area contributed by atoms with E-state index in [1.165, 1.54) is 80.6 Å². The maximum Gasteiger partial charge on any atom is 0.416 e. The van der Waals surface area contributed by atoms with E-state index >= 15 is 0 Å². The van der Waals surface area contributed by atoms with Crippen LogP contribution in [0.2, 0.25) is 0 Å². The van der Waals surface area contributed by atoms with E-state index in [2.05, 4.69) is 114 Å². The summed E-state index contributed by atoms with van der Waals surface area (Å²) in [4.78, 5) is 68.4. The molecule has 21 nitrogen and oxygen atoms in total. The highest BCUT2D eigenvalue weighted by Gasteiger charge is 2.44. The number of H-pyrrole nitrogens is 2. The third-order valence-corrected chi connectivity index (χ3v) is 33.6. The van der Waals surface area contributed by atoms with E-state index in [9.17, 15) is 57.6 Å². The number of sulfone groups is 2. The van der Waals surface area contributed by atoms with Gasteiger partial charge in [-0.2, -0.15) is 13.2 Å². The number of rotatable bonds is 25. The molecule has 33 heteroatoms. The summed E-state index contributed by atoms with van der Waals surface area (Å²) in [5.41, 5.74) is 15.5. The maximum atomic E-state index is 12.6. The number of nitrogens with zero attached hydrogens (tertiary/aromatic N) is 4. The number of benzene rings is 10. The SMILES string of the molecule is C=C1Sc2ccc(CS(=O)(=O)c3ccc(C)cc3)cc2S1.CC(C)OC(=O)CSc1nc2ccccc2[nH]1.CCc1ccc(NC(=O)CCNS(=O)(=O)C2CCCC3SSNC32)cc1.Cc1ccc(C(=O)c2ccc(S(=O)(=O)c3ccc(C)cc3)cc2)cc1.Cc1ccc2[nH]c3c(c2c1)CN(Cc1ccccc1)CC3.Cn1ccnc1SCC(=O)NCc1cccc(C(F)(F)F)c1. The molecule has 0 spiro atoms. The summed E-state index contributed by atoms with van der Waals surface area (Å²) in [5.74, 6) is -0.332. The van der Waals surface area contributed by atoms with Crippen LogP contribution >= 0.6 is 68.8 Å². The third kappa shape index (κ3) is 29.2. The second kappa shape index (κ2) is 47.2. The van der Waals surface area contributed by atoms with Crippen LogP contribution in [-0.4, -0.2) is 125 Å². The number of amides is 2. The van der Waals surface area contributed by atoms with Gasteiger partial charge >= 0.3 is 12.1 Å². The van der Waals surface area contributed by atoms with Gasteiger partial charge in [-0.1, -0.05) is 227 Å². The van der Waals surface area contributed by atoms with Crippen LogP contribution in [0.3, 0.4) is 0 Å². The highest BCUT2D eigenvalue weighted by atomic mass is 33.1. The molecule has 6 heterocycles. The number of halogens is 3. The number of hydrogen-bond donors (Lipinski definition) is 6. The number of aryl methyl sites for hydroxylation is 6. The van der Waals surface area contributed by atoms with Crippen molar-refractivity contribution in [2.45, 2.75) is 176 Å². The average Bonchev–Trinajstić information content (AvgIpc) is 1.59. The average molecular weight is 1960 g/mol. The van der Waals surface area contributed by atoms with E-state index in [0.717, 1.165) is 116 Å².